The number of carboxylic acids is 2. The molecule has 8 nitrogen and oxygen atoms in total. The van der Waals surface area contributed by atoms with Crippen LogP contribution in [0.4, 0.5) is 0 Å². The highest BCUT2D eigenvalue weighted by Crippen LogP contribution is 2.40. The minimum Gasteiger partial charge on any atom is -0.480 e. The van der Waals surface area contributed by atoms with E-state index in [0.717, 1.165) is 15.4 Å². The molecule has 2 aromatic rings. The summed E-state index contributed by atoms with van der Waals surface area (Å²) in [6.45, 7) is 0.563. The molecule has 0 aliphatic carbocycles. The second-order valence-corrected chi connectivity index (χ2v) is 7.78. The number of halogens is 1. The van der Waals surface area contributed by atoms with Gasteiger partial charge in [0.15, 0.2) is 0 Å². The number of benzene rings is 2. The molecule has 0 unspecified atom stereocenters. The Morgan fingerprint density at radius 1 is 0.906 bits per heavy atom. The number of carbonyl (C=O) groups is 4. The van der Waals surface area contributed by atoms with Crippen LogP contribution in [0.25, 0.3) is 11.4 Å². The third kappa shape index (κ3) is 3.54. The number of rotatable bonds is 5. The summed E-state index contributed by atoms with van der Waals surface area (Å²) >= 11 is 6.23. The zero-order valence-corrected chi connectivity index (χ0v) is 17.6. The lowest BCUT2D eigenvalue weighted by Gasteiger charge is -2.20. The van der Waals surface area contributed by atoms with Crippen LogP contribution in [0.15, 0.2) is 54.1 Å². The smallest absolute Gasteiger partial charge is 0.323 e. The van der Waals surface area contributed by atoms with Crippen LogP contribution in [0, 0.1) is 6.92 Å². The van der Waals surface area contributed by atoms with Gasteiger partial charge < -0.3 is 10.2 Å². The van der Waals surface area contributed by atoms with E-state index in [0.29, 0.717) is 21.8 Å². The van der Waals surface area contributed by atoms with E-state index >= 15 is 0 Å². The van der Waals surface area contributed by atoms with Gasteiger partial charge >= 0.3 is 11.9 Å². The normalized spacial score (nSPS) is 17.6. The molecule has 0 aromatic heterocycles. The van der Waals surface area contributed by atoms with Crippen molar-refractivity contribution in [2.75, 3.05) is 13.1 Å². The molecular weight excluding hydrogens is 436 g/mol. The molecule has 2 amide bonds. The molecule has 162 valence electrons. The van der Waals surface area contributed by atoms with Gasteiger partial charge in [0, 0.05) is 16.1 Å². The first-order chi connectivity index (χ1) is 15.2. The predicted molar refractivity (Wildman–Crippen MR) is 116 cm³/mol. The highest BCUT2D eigenvalue weighted by molar-refractivity contribution is 6.31. The van der Waals surface area contributed by atoms with Crippen LogP contribution in [0.5, 0.6) is 0 Å². The van der Waals surface area contributed by atoms with Gasteiger partial charge in [-0.05, 0) is 36.3 Å². The lowest BCUT2D eigenvalue weighted by Crippen LogP contribution is -2.33. The summed E-state index contributed by atoms with van der Waals surface area (Å²) in [6, 6.07) is 11.6. The third-order valence-corrected chi connectivity index (χ3v) is 5.69. The maximum atomic E-state index is 13.3. The molecule has 4 rings (SSSR count). The van der Waals surface area contributed by atoms with Crippen molar-refractivity contribution in [2.24, 2.45) is 0 Å². The largest absolute Gasteiger partial charge is 0.480 e. The average Bonchev–Trinajstić information content (AvgIpc) is 3.18. The highest BCUT2D eigenvalue weighted by atomic mass is 35.5. The van der Waals surface area contributed by atoms with Gasteiger partial charge in [0.25, 0.3) is 11.8 Å². The topological polar surface area (TPSA) is 115 Å². The van der Waals surface area contributed by atoms with Crippen LogP contribution in [0.3, 0.4) is 0 Å². The Balaban J connectivity index is 1.95. The van der Waals surface area contributed by atoms with Crippen LogP contribution < -0.4 is 0 Å². The zero-order valence-electron chi connectivity index (χ0n) is 16.8. The number of amides is 2. The monoisotopic (exact) mass is 452 g/mol. The van der Waals surface area contributed by atoms with Crippen molar-refractivity contribution >= 4 is 46.7 Å². The Hall–Kier alpha value is -3.91. The van der Waals surface area contributed by atoms with Crippen LogP contribution >= 0.6 is 11.6 Å². The molecule has 2 aliphatic heterocycles. The number of aliphatic carboxylic acids is 2. The fraction of sp³-hybridized carbons (Fsp3) is 0.130. The van der Waals surface area contributed by atoms with Gasteiger partial charge in [0.05, 0.1) is 17.0 Å². The number of hydrogen-bond donors (Lipinski definition) is 2. The van der Waals surface area contributed by atoms with Gasteiger partial charge in [-0.15, -0.1) is 0 Å². The van der Waals surface area contributed by atoms with E-state index in [1.165, 1.54) is 6.08 Å². The SMILES string of the molecule is Cc1ccc(C2=C/C(=C3/c4ccccc4C(=O)N3CC(=O)O)C(=O)N2CC(=O)O)cc1Cl. The predicted octanol–water partition coefficient (Wildman–Crippen LogP) is 2.87. The number of carbonyl (C=O) groups excluding carboxylic acids is 2. The van der Waals surface area contributed by atoms with E-state index in [4.69, 9.17) is 11.6 Å². The maximum Gasteiger partial charge on any atom is 0.323 e. The molecule has 0 saturated carbocycles. The molecular formula is C23H17ClN2O6. The molecule has 0 atom stereocenters. The van der Waals surface area contributed by atoms with E-state index in [9.17, 15) is 29.4 Å². The first kappa shape index (κ1) is 21.3. The minimum absolute atomic E-state index is 0.0393. The zero-order chi connectivity index (χ0) is 23.2. The van der Waals surface area contributed by atoms with E-state index < -0.39 is 36.8 Å². The number of aryl methyl sites for hydroxylation is 1. The van der Waals surface area contributed by atoms with Crippen molar-refractivity contribution in [3.8, 4) is 0 Å². The summed E-state index contributed by atoms with van der Waals surface area (Å²) in [5.41, 5.74) is 2.50. The Morgan fingerprint density at radius 2 is 1.53 bits per heavy atom. The Morgan fingerprint density at radius 3 is 2.16 bits per heavy atom. The second-order valence-electron chi connectivity index (χ2n) is 7.37. The van der Waals surface area contributed by atoms with Gasteiger partial charge in [0.1, 0.15) is 13.1 Å². The molecule has 0 spiro atoms. The van der Waals surface area contributed by atoms with Gasteiger partial charge in [-0.25, -0.2) is 0 Å². The first-order valence-corrected chi connectivity index (χ1v) is 9.96. The van der Waals surface area contributed by atoms with Crippen LogP contribution in [0.1, 0.15) is 27.0 Å². The summed E-state index contributed by atoms with van der Waals surface area (Å²) in [5, 5.41) is 19.2. The molecule has 0 fully saturated rings. The van der Waals surface area contributed by atoms with Gasteiger partial charge in [-0.3, -0.25) is 29.0 Å². The van der Waals surface area contributed by atoms with Crippen molar-refractivity contribution in [1.29, 1.82) is 0 Å². The van der Waals surface area contributed by atoms with E-state index in [-0.39, 0.29) is 16.8 Å². The quantitative estimate of drug-likeness (QED) is 0.674. The van der Waals surface area contributed by atoms with E-state index in [1.54, 1.807) is 42.5 Å². The summed E-state index contributed by atoms with van der Waals surface area (Å²) in [6.07, 6.45) is 1.48. The molecule has 2 aliphatic rings. The fourth-order valence-corrected chi connectivity index (χ4v) is 4.01. The summed E-state index contributed by atoms with van der Waals surface area (Å²) < 4.78 is 0. The molecule has 2 aromatic carbocycles. The fourth-order valence-electron chi connectivity index (χ4n) is 3.83. The lowest BCUT2D eigenvalue weighted by molar-refractivity contribution is -0.140. The summed E-state index contributed by atoms with van der Waals surface area (Å²) in [5.74, 6) is -3.65. The van der Waals surface area contributed by atoms with Crippen molar-refractivity contribution in [2.45, 2.75) is 6.92 Å². The standard InChI is InChI=1S/C23H17ClN2O6/c1-12-6-7-13(8-17(12)24)18-9-16(23(32)25(18)10-19(27)28)21-14-4-2-3-5-15(14)22(31)26(21)11-20(29)30/h2-9H,10-11H2,1H3,(H,27,28)(H,29,30)/b21-16+. The van der Waals surface area contributed by atoms with Crippen molar-refractivity contribution in [1.82, 2.24) is 9.80 Å². The van der Waals surface area contributed by atoms with Crippen molar-refractivity contribution in [3.05, 3.63) is 81.4 Å². The minimum atomic E-state index is -1.24. The van der Waals surface area contributed by atoms with Gasteiger partial charge in [0.2, 0.25) is 0 Å². The number of carboxylic acid groups (broad SMARTS) is 2. The van der Waals surface area contributed by atoms with Crippen molar-refractivity contribution < 1.29 is 29.4 Å². The summed E-state index contributed by atoms with van der Waals surface area (Å²) in [4.78, 5) is 51.2. The Labute approximate surface area is 187 Å². The van der Waals surface area contributed by atoms with Crippen LogP contribution in [-0.4, -0.2) is 56.9 Å². The Kier molecular flexibility index (Phi) is 5.31. The van der Waals surface area contributed by atoms with Gasteiger partial charge in [-0.2, -0.15) is 0 Å². The Bertz CT molecular complexity index is 1260. The van der Waals surface area contributed by atoms with E-state index in [2.05, 4.69) is 0 Å². The molecule has 0 bridgehead atoms. The molecule has 2 N–H and O–H groups in total. The maximum absolute atomic E-state index is 13.3. The molecule has 2 heterocycles. The first-order valence-electron chi connectivity index (χ1n) is 9.58. The number of fused-ring (bicyclic) bond motifs is 1. The van der Waals surface area contributed by atoms with E-state index in [1.807, 2.05) is 6.92 Å². The van der Waals surface area contributed by atoms with Crippen molar-refractivity contribution in [3.63, 3.8) is 0 Å². The molecule has 9 heteroatoms. The lowest BCUT2D eigenvalue weighted by atomic mass is 10.0. The molecule has 0 radical (unpaired) electrons. The highest BCUT2D eigenvalue weighted by Gasteiger charge is 2.40. The number of hydrogen-bond acceptors (Lipinski definition) is 4. The third-order valence-electron chi connectivity index (χ3n) is 5.28. The molecule has 0 saturated heterocycles. The average molecular weight is 453 g/mol. The second kappa shape index (κ2) is 7.97. The van der Waals surface area contributed by atoms with Crippen LogP contribution in [-0.2, 0) is 14.4 Å². The summed E-state index contributed by atoms with van der Waals surface area (Å²) in [7, 11) is 0. The van der Waals surface area contributed by atoms with Gasteiger partial charge in [-0.1, -0.05) is 41.9 Å². The van der Waals surface area contributed by atoms with Crippen LogP contribution in [0.2, 0.25) is 5.02 Å². The number of nitrogens with zero attached hydrogens (tertiary/aromatic N) is 2. The molecule has 32 heavy (non-hydrogen) atoms.